The molecule has 1 aromatic carbocycles. The Hall–Kier alpha value is -3.82. The van der Waals surface area contributed by atoms with Crippen molar-refractivity contribution in [2.75, 3.05) is 5.32 Å². The first-order valence-corrected chi connectivity index (χ1v) is 9.01. The second-order valence-electron chi connectivity index (χ2n) is 6.65. The van der Waals surface area contributed by atoms with Crippen LogP contribution in [-0.2, 0) is 4.74 Å². The zero-order chi connectivity index (χ0) is 20.4. The fourth-order valence-electron chi connectivity index (χ4n) is 2.56. The summed E-state index contributed by atoms with van der Waals surface area (Å²) in [7, 11) is 0. The van der Waals surface area contributed by atoms with Gasteiger partial charge in [-0.25, -0.2) is 9.78 Å². The molecule has 10 nitrogen and oxygen atoms in total. The van der Waals surface area contributed by atoms with Crippen LogP contribution in [0.1, 0.15) is 42.1 Å². The van der Waals surface area contributed by atoms with Crippen LogP contribution in [0.2, 0.25) is 0 Å². The van der Waals surface area contributed by atoms with Crippen LogP contribution in [0, 0.1) is 10.1 Å². The zero-order valence-electron chi connectivity index (χ0n) is 15.4. The number of nitro benzene ring substituents is 1. The summed E-state index contributed by atoms with van der Waals surface area (Å²) in [5, 5.41) is 21.8. The Bertz CT molecular complexity index is 1030. The number of benzene rings is 1. The number of carbonyl (C=O) groups excluding carboxylic acids is 1. The normalized spacial score (nSPS) is 14.2. The highest BCUT2D eigenvalue weighted by atomic mass is 16.6. The van der Waals surface area contributed by atoms with Gasteiger partial charge >= 0.3 is 5.97 Å². The molecule has 1 N–H and O–H groups in total. The maximum atomic E-state index is 12.3. The molecule has 3 aromatic rings. The molecule has 1 unspecified atom stereocenters. The average Bonchev–Trinajstić information content (AvgIpc) is 3.39. The second-order valence-corrected chi connectivity index (χ2v) is 6.65. The molecule has 4 rings (SSSR count). The molecule has 10 heteroatoms. The fourth-order valence-corrected chi connectivity index (χ4v) is 2.56. The molecule has 0 aliphatic heterocycles. The first-order valence-electron chi connectivity index (χ1n) is 9.01. The molecule has 1 aliphatic carbocycles. The predicted molar refractivity (Wildman–Crippen MR) is 101 cm³/mol. The van der Waals surface area contributed by atoms with Gasteiger partial charge in [0.25, 0.3) is 11.6 Å². The summed E-state index contributed by atoms with van der Waals surface area (Å²) in [5.41, 5.74) is 0.798. The Morgan fingerprint density at radius 2 is 2.00 bits per heavy atom. The SMILES string of the molecule is CC(OC(=O)c1ccc(NC2CC2)nc1)c1nnc(-c2ccc([N+](=O)[O-])cc2)o1. The number of rotatable bonds is 7. The molecule has 29 heavy (non-hydrogen) atoms. The number of nitro groups is 1. The van der Waals surface area contributed by atoms with E-state index < -0.39 is 17.0 Å². The van der Waals surface area contributed by atoms with Crippen molar-refractivity contribution in [2.45, 2.75) is 31.9 Å². The predicted octanol–water partition coefficient (Wildman–Crippen LogP) is 3.53. The van der Waals surface area contributed by atoms with E-state index in [1.165, 1.54) is 30.5 Å². The summed E-state index contributed by atoms with van der Waals surface area (Å²) < 4.78 is 10.9. The third-order valence-corrected chi connectivity index (χ3v) is 4.33. The minimum atomic E-state index is -0.772. The first kappa shape index (κ1) is 18.5. The number of hydrogen-bond donors (Lipinski definition) is 1. The molecule has 0 bridgehead atoms. The van der Waals surface area contributed by atoms with E-state index >= 15 is 0 Å². The van der Waals surface area contributed by atoms with E-state index in [0.29, 0.717) is 17.2 Å². The maximum absolute atomic E-state index is 12.3. The minimum absolute atomic E-state index is 0.0391. The van der Waals surface area contributed by atoms with E-state index in [4.69, 9.17) is 9.15 Å². The van der Waals surface area contributed by atoms with E-state index in [1.807, 2.05) is 0 Å². The molecule has 148 valence electrons. The Balaban J connectivity index is 1.39. The first-order chi connectivity index (χ1) is 14.0. The molecule has 1 saturated carbocycles. The second kappa shape index (κ2) is 7.66. The summed E-state index contributed by atoms with van der Waals surface area (Å²) in [5.74, 6) is 0.460. The lowest BCUT2D eigenvalue weighted by Gasteiger charge is -2.09. The van der Waals surface area contributed by atoms with Crippen LogP contribution in [0.15, 0.2) is 47.0 Å². The summed E-state index contributed by atoms with van der Waals surface area (Å²) in [4.78, 5) is 26.8. The lowest BCUT2D eigenvalue weighted by atomic mass is 10.2. The zero-order valence-corrected chi connectivity index (χ0v) is 15.4. The van der Waals surface area contributed by atoms with Gasteiger partial charge in [-0.15, -0.1) is 10.2 Å². The molecule has 1 atom stereocenters. The van der Waals surface area contributed by atoms with Crippen LogP contribution in [0.5, 0.6) is 0 Å². The number of hydrogen-bond acceptors (Lipinski definition) is 9. The number of anilines is 1. The van der Waals surface area contributed by atoms with Gasteiger partial charge in [0, 0.05) is 29.9 Å². The van der Waals surface area contributed by atoms with Crippen molar-refractivity contribution in [1.82, 2.24) is 15.2 Å². The van der Waals surface area contributed by atoms with Crippen LogP contribution >= 0.6 is 0 Å². The third kappa shape index (κ3) is 4.37. The fraction of sp³-hybridized carbons (Fsp3) is 0.263. The Kier molecular flexibility index (Phi) is 4.90. The lowest BCUT2D eigenvalue weighted by molar-refractivity contribution is -0.384. The number of non-ortho nitro benzene ring substituents is 1. The van der Waals surface area contributed by atoms with Crippen LogP contribution < -0.4 is 5.32 Å². The van der Waals surface area contributed by atoms with Gasteiger partial charge in [0.15, 0.2) is 6.10 Å². The number of ether oxygens (including phenoxy) is 1. The van der Waals surface area contributed by atoms with E-state index in [0.717, 1.165) is 18.7 Å². The van der Waals surface area contributed by atoms with Crippen molar-refractivity contribution in [3.8, 4) is 11.5 Å². The van der Waals surface area contributed by atoms with Gasteiger partial charge < -0.3 is 14.5 Å². The number of esters is 1. The van der Waals surface area contributed by atoms with Gasteiger partial charge in [-0.1, -0.05) is 0 Å². The Morgan fingerprint density at radius 1 is 1.24 bits per heavy atom. The number of pyridine rings is 1. The molecule has 1 aliphatic rings. The molecule has 2 aromatic heterocycles. The summed E-state index contributed by atoms with van der Waals surface area (Å²) >= 11 is 0. The van der Waals surface area contributed by atoms with Crippen molar-refractivity contribution in [2.24, 2.45) is 0 Å². The summed E-state index contributed by atoms with van der Waals surface area (Å²) in [6.45, 7) is 1.61. The van der Waals surface area contributed by atoms with Gasteiger partial charge in [-0.2, -0.15) is 0 Å². The lowest BCUT2D eigenvalue weighted by Crippen LogP contribution is -2.10. The van der Waals surface area contributed by atoms with Crippen molar-refractivity contribution in [1.29, 1.82) is 0 Å². The number of nitrogens with one attached hydrogen (secondary N) is 1. The quantitative estimate of drug-likeness (QED) is 0.362. The molecular formula is C19H17N5O5. The van der Waals surface area contributed by atoms with Gasteiger partial charge in [0.05, 0.1) is 10.5 Å². The van der Waals surface area contributed by atoms with Crippen LogP contribution in [0.25, 0.3) is 11.5 Å². The summed E-state index contributed by atoms with van der Waals surface area (Å²) in [6.07, 6.45) is 2.95. The van der Waals surface area contributed by atoms with Crippen molar-refractivity contribution in [3.05, 3.63) is 64.2 Å². The molecule has 1 fully saturated rings. The van der Waals surface area contributed by atoms with Gasteiger partial charge in [0.2, 0.25) is 5.89 Å². The monoisotopic (exact) mass is 395 g/mol. The Labute approximate surface area is 165 Å². The minimum Gasteiger partial charge on any atom is -0.449 e. The molecule has 0 radical (unpaired) electrons. The molecule has 2 heterocycles. The third-order valence-electron chi connectivity index (χ3n) is 4.33. The number of aromatic nitrogens is 3. The maximum Gasteiger partial charge on any atom is 0.340 e. The van der Waals surface area contributed by atoms with Crippen LogP contribution in [0.3, 0.4) is 0 Å². The topological polar surface area (TPSA) is 133 Å². The van der Waals surface area contributed by atoms with E-state index in [2.05, 4.69) is 20.5 Å². The van der Waals surface area contributed by atoms with Crippen LogP contribution in [-0.4, -0.2) is 32.1 Å². The highest BCUT2D eigenvalue weighted by Crippen LogP contribution is 2.26. The largest absolute Gasteiger partial charge is 0.449 e. The van der Waals surface area contributed by atoms with Gasteiger partial charge in [0.1, 0.15) is 5.82 Å². The highest BCUT2D eigenvalue weighted by Gasteiger charge is 2.22. The van der Waals surface area contributed by atoms with E-state index in [9.17, 15) is 14.9 Å². The Morgan fingerprint density at radius 3 is 2.62 bits per heavy atom. The average molecular weight is 395 g/mol. The summed E-state index contributed by atoms with van der Waals surface area (Å²) in [6, 6.07) is 9.56. The van der Waals surface area contributed by atoms with Gasteiger partial charge in [-0.05, 0) is 44.0 Å². The van der Waals surface area contributed by atoms with Crippen molar-refractivity contribution >= 4 is 17.5 Å². The van der Waals surface area contributed by atoms with Crippen LogP contribution in [0.4, 0.5) is 11.5 Å². The van der Waals surface area contributed by atoms with E-state index in [1.54, 1.807) is 19.1 Å². The number of carbonyl (C=O) groups is 1. The molecular weight excluding hydrogens is 378 g/mol. The van der Waals surface area contributed by atoms with Crippen molar-refractivity contribution in [3.63, 3.8) is 0 Å². The van der Waals surface area contributed by atoms with E-state index in [-0.39, 0.29) is 17.5 Å². The standard InChI is InChI=1S/C19H17N5O5/c1-11(28-19(25)13-4-9-16(20-10-13)21-14-5-6-14)17-22-23-18(29-17)12-2-7-15(8-3-12)24(26)27/h2-4,7-11,14H,5-6H2,1H3,(H,20,21). The molecule has 0 saturated heterocycles. The smallest absolute Gasteiger partial charge is 0.340 e. The number of nitrogens with zero attached hydrogens (tertiary/aromatic N) is 4. The highest BCUT2D eigenvalue weighted by molar-refractivity contribution is 5.89. The van der Waals surface area contributed by atoms with Crippen molar-refractivity contribution < 1.29 is 18.9 Å². The molecule has 0 amide bonds. The molecule has 0 spiro atoms. The van der Waals surface area contributed by atoms with Gasteiger partial charge in [-0.3, -0.25) is 10.1 Å².